The van der Waals surface area contributed by atoms with E-state index in [1.54, 1.807) is 55.6 Å². The van der Waals surface area contributed by atoms with Crippen molar-refractivity contribution in [3.8, 4) is 5.75 Å². The Morgan fingerprint density at radius 1 is 0.900 bits per heavy atom. The molecular weight excluding hydrogens is 400 g/mol. The van der Waals surface area contributed by atoms with Crippen molar-refractivity contribution in [1.82, 2.24) is 0 Å². The van der Waals surface area contributed by atoms with Gasteiger partial charge in [0.1, 0.15) is 11.4 Å². The van der Waals surface area contributed by atoms with E-state index in [4.69, 9.17) is 16.3 Å². The van der Waals surface area contributed by atoms with Gasteiger partial charge >= 0.3 is 0 Å². The second kappa shape index (κ2) is 8.05. The molecule has 0 radical (unpaired) electrons. The largest absolute Gasteiger partial charge is 0.497 e. The van der Waals surface area contributed by atoms with Gasteiger partial charge < -0.3 is 10.1 Å². The zero-order valence-electron chi connectivity index (χ0n) is 16.5. The maximum atomic E-state index is 13.4. The molecule has 4 rings (SSSR count). The lowest BCUT2D eigenvalue weighted by molar-refractivity contribution is -0.120. The van der Waals surface area contributed by atoms with Gasteiger partial charge in [0.25, 0.3) is 11.8 Å². The number of hydrogen-bond acceptors (Lipinski definition) is 4. The van der Waals surface area contributed by atoms with Crippen LogP contribution in [0.15, 0.2) is 78.5 Å². The lowest BCUT2D eigenvalue weighted by Crippen LogP contribution is -2.33. The second-order valence-electron chi connectivity index (χ2n) is 6.85. The quantitative estimate of drug-likeness (QED) is 0.589. The van der Waals surface area contributed by atoms with Crippen LogP contribution in [0.5, 0.6) is 5.75 Å². The third-order valence-electron chi connectivity index (χ3n) is 4.91. The molecule has 0 bridgehead atoms. The average Bonchev–Trinajstić information content (AvgIpc) is 2.99. The first kappa shape index (κ1) is 19.7. The summed E-state index contributed by atoms with van der Waals surface area (Å²) in [5.74, 6) is -0.162. The van der Waals surface area contributed by atoms with Crippen molar-refractivity contribution in [3.05, 3.63) is 94.6 Å². The summed E-state index contributed by atoms with van der Waals surface area (Å²) in [4.78, 5) is 28.0. The molecule has 0 atom stereocenters. The Balaban J connectivity index is 1.83. The van der Waals surface area contributed by atoms with Crippen LogP contribution in [0.25, 0.3) is 5.57 Å². The standard InChI is InChI=1S/C24H19ClN2O3/c1-15-6-3-4-9-20(15)27-23(28)21(16-10-12-17(25)13-11-16)22(24(27)29)26-18-7-5-8-19(14-18)30-2/h3-14,26H,1-2H3. The molecule has 30 heavy (non-hydrogen) atoms. The highest BCUT2D eigenvalue weighted by atomic mass is 35.5. The third-order valence-corrected chi connectivity index (χ3v) is 5.16. The molecule has 0 spiro atoms. The SMILES string of the molecule is COc1cccc(NC2=C(c3ccc(Cl)cc3)C(=O)N(c3ccccc3C)C2=O)c1. The number of anilines is 2. The van der Waals surface area contributed by atoms with Crippen molar-refractivity contribution in [2.45, 2.75) is 6.92 Å². The Morgan fingerprint density at radius 3 is 2.33 bits per heavy atom. The smallest absolute Gasteiger partial charge is 0.282 e. The van der Waals surface area contributed by atoms with E-state index in [9.17, 15) is 9.59 Å². The van der Waals surface area contributed by atoms with Crippen LogP contribution in [0.4, 0.5) is 11.4 Å². The molecule has 1 aliphatic heterocycles. The van der Waals surface area contributed by atoms with E-state index in [2.05, 4.69) is 5.32 Å². The summed E-state index contributed by atoms with van der Waals surface area (Å²) in [5, 5.41) is 3.68. The normalized spacial score (nSPS) is 13.8. The van der Waals surface area contributed by atoms with E-state index in [1.165, 1.54) is 4.90 Å². The highest BCUT2D eigenvalue weighted by Gasteiger charge is 2.40. The van der Waals surface area contributed by atoms with Gasteiger partial charge in [-0.1, -0.05) is 48.0 Å². The first-order valence-electron chi connectivity index (χ1n) is 9.35. The van der Waals surface area contributed by atoms with Crippen LogP contribution in [-0.4, -0.2) is 18.9 Å². The lowest BCUT2D eigenvalue weighted by atomic mass is 10.0. The van der Waals surface area contributed by atoms with Gasteiger partial charge in [0.2, 0.25) is 0 Å². The van der Waals surface area contributed by atoms with Crippen LogP contribution in [-0.2, 0) is 9.59 Å². The predicted octanol–water partition coefficient (Wildman–Crippen LogP) is 5.05. The van der Waals surface area contributed by atoms with E-state index >= 15 is 0 Å². The van der Waals surface area contributed by atoms with Gasteiger partial charge in [-0.25, -0.2) is 4.90 Å². The number of hydrogen-bond donors (Lipinski definition) is 1. The molecule has 0 saturated heterocycles. The van der Waals surface area contributed by atoms with Gasteiger partial charge in [-0.2, -0.15) is 0 Å². The molecule has 1 N–H and O–H groups in total. The van der Waals surface area contributed by atoms with E-state index < -0.39 is 5.91 Å². The monoisotopic (exact) mass is 418 g/mol. The number of halogens is 1. The number of carbonyl (C=O) groups is 2. The Bertz CT molecular complexity index is 1170. The van der Waals surface area contributed by atoms with E-state index in [0.29, 0.717) is 33.3 Å². The Labute approximate surface area is 179 Å². The van der Waals surface area contributed by atoms with Crippen molar-refractivity contribution < 1.29 is 14.3 Å². The molecule has 150 valence electrons. The van der Waals surface area contributed by atoms with E-state index in [1.807, 2.05) is 31.2 Å². The maximum absolute atomic E-state index is 13.4. The van der Waals surface area contributed by atoms with Gasteiger partial charge in [0.05, 0.1) is 18.4 Å². The number of methoxy groups -OCH3 is 1. The molecule has 0 saturated carbocycles. The van der Waals surface area contributed by atoms with Crippen molar-refractivity contribution in [3.63, 3.8) is 0 Å². The van der Waals surface area contributed by atoms with Gasteiger partial charge in [0.15, 0.2) is 0 Å². The molecule has 5 nitrogen and oxygen atoms in total. The number of aryl methyl sites for hydroxylation is 1. The number of imide groups is 1. The molecule has 1 heterocycles. The highest BCUT2D eigenvalue weighted by Crippen LogP contribution is 2.35. The highest BCUT2D eigenvalue weighted by molar-refractivity contribution is 6.46. The molecule has 0 aromatic heterocycles. The molecule has 3 aromatic carbocycles. The summed E-state index contributed by atoms with van der Waals surface area (Å²) < 4.78 is 5.27. The van der Waals surface area contributed by atoms with Crippen molar-refractivity contribution >= 4 is 40.4 Å². The molecule has 3 aromatic rings. The first-order chi connectivity index (χ1) is 14.5. The van der Waals surface area contributed by atoms with Crippen LogP contribution < -0.4 is 15.0 Å². The van der Waals surface area contributed by atoms with Gasteiger partial charge in [-0.3, -0.25) is 9.59 Å². The second-order valence-corrected chi connectivity index (χ2v) is 7.28. The van der Waals surface area contributed by atoms with Gasteiger partial charge in [-0.15, -0.1) is 0 Å². The molecule has 0 unspecified atom stereocenters. The minimum atomic E-state index is -0.415. The van der Waals surface area contributed by atoms with Crippen molar-refractivity contribution in [1.29, 1.82) is 0 Å². The number of nitrogens with zero attached hydrogens (tertiary/aromatic N) is 1. The number of nitrogens with one attached hydrogen (secondary N) is 1. The number of ether oxygens (including phenoxy) is 1. The first-order valence-corrected chi connectivity index (χ1v) is 9.73. The topological polar surface area (TPSA) is 58.6 Å². The van der Waals surface area contributed by atoms with Crippen molar-refractivity contribution in [2.24, 2.45) is 0 Å². The van der Waals surface area contributed by atoms with E-state index in [0.717, 1.165) is 5.56 Å². The molecule has 1 aliphatic rings. The summed E-state index contributed by atoms with van der Waals surface area (Å²) in [6.45, 7) is 1.87. The number of carbonyl (C=O) groups excluding carboxylic acids is 2. The third kappa shape index (κ3) is 3.55. The fraction of sp³-hybridized carbons (Fsp3) is 0.0833. The van der Waals surface area contributed by atoms with Crippen LogP contribution >= 0.6 is 11.6 Å². The van der Waals surface area contributed by atoms with E-state index in [-0.39, 0.29) is 11.6 Å². The summed E-state index contributed by atoms with van der Waals surface area (Å²) in [7, 11) is 1.57. The molecular formula is C24H19ClN2O3. The summed E-state index contributed by atoms with van der Waals surface area (Å²) in [6, 6.07) is 21.3. The molecule has 2 amide bonds. The van der Waals surface area contributed by atoms with Crippen LogP contribution in [0.1, 0.15) is 11.1 Å². The maximum Gasteiger partial charge on any atom is 0.282 e. The van der Waals surface area contributed by atoms with Gasteiger partial charge in [0, 0.05) is 16.8 Å². The summed E-state index contributed by atoms with van der Waals surface area (Å²) >= 11 is 6.02. The summed E-state index contributed by atoms with van der Waals surface area (Å²) in [6.07, 6.45) is 0. The van der Waals surface area contributed by atoms with Gasteiger partial charge in [-0.05, 0) is 48.4 Å². The molecule has 6 heteroatoms. The number of amides is 2. The number of benzene rings is 3. The minimum absolute atomic E-state index is 0.207. The van der Waals surface area contributed by atoms with Crippen molar-refractivity contribution in [2.75, 3.05) is 17.3 Å². The number of para-hydroxylation sites is 1. The van der Waals surface area contributed by atoms with Crippen LogP contribution in [0, 0.1) is 6.92 Å². The predicted molar refractivity (Wildman–Crippen MR) is 119 cm³/mol. The molecule has 0 fully saturated rings. The Hall–Kier alpha value is -3.57. The fourth-order valence-electron chi connectivity index (χ4n) is 3.41. The van der Waals surface area contributed by atoms with Crippen LogP contribution in [0.3, 0.4) is 0 Å². The zero-order chi connectivity index (χ0) is 21.3. The lowest BCUT2D eigenvalue weighted by Gasteiger charge is -2.17. The fourth-order valence-corrected chi connectivity index (χ4v) is 3.53. The Kier molecular flexibility index (Phi) is 5.29. The summed E-state index contributed by atoms with van der Waals surface area (Å²) in [5.41, 5.74) is 3.14. The zero-order valence-corrected chi connectivity index (χ0v) is 17.2. The Morgan fingerprint density at radius 2 is 1.63 bits per heavy atom. The average molecular weight is 419 g/mol. The van der Waals surface area contributed by atoms with Crippen LogP contribution in [0.2, 0.25) is 5.02 Å². The number of rotatable bonds is 5. The molecule has 0 aliphatic carbocycles. The minimum Gasteiger partial charge on any atom is -0.497 e.